The summed E-state index contributed by atoms with van der Waals surface area (Å²) in [6, 6.07) is 0. The number of carbonyl (C=O) groups is 1. The van der Waals surface area contributed by atoms with E-state index < -0.39 is 14.3 Å². The topological polar surface area (TPSA) is 46.5 Å². The van der Waals surface area contributed by atoms with Crippen LogP contribution in [0.1, 0.15) is 53.9 Å². The summed E-state index contributed by atoms with van der Waals surface area (Å²) in [5, 5.41) is 9.30. The summed E-state index contributed by atoms with van der Waals surface area (Å²) in [6.07, 6.45) is 2.27. The summed E-state index contributed by atoms with van der Waals surface area (Å²) >= 11 is 0. The lowest BCUT2D eigenvalue weighted by Gasteiger charge is -2.39. The SMILES string of the molecule is CC[C@@H](C[C@@H](CC)C(=O)O)O[Si](C)(C)C(C)(C)C. The highest BCUT2D eigenvalue weighted by atomic mass is 28.4. The molecule has 0 rings (SSSR count). The van der Waals surface area contributed by atoms with Crippen LogP contribution in [-0.2, 0) is 9.22 Å². The molecule has 0 radical (unpaired) electrons. The van der Waals surface area contributed by atoms with E-state index in [2.05, 4.69) is 40.8 Å². The Kier molecular flexibility index (Phi) is 6.58. The van der Waals surface area contributed by atoms with E-state index in [9.17, 15) is 4.79 Å². The highest BCUT2D eigenvalue weighted by Gasteiger charge is 2.39. The van der Waals surface area contributed by atoms with Crippen molar-refractivity contribution in [1.82, 2.24) is 0 Å². The van der Waals surface area contributed by atoms with Crippen molar-refractivity contribution in [3.63, 3.8) is 0 Å². The molecule has 2 atom stereocenters. The molecule has 0 amide bonds. The summed E-state index contributed by atoms with van der Waals surface area (Å²) in [6.45, 7) is 15.1. The molecule has 108 valence electrons. The van der Waals surface area contributed by atoms with Crippen LogP contribution in [0, 0.1) is 5.92 Å². The van der Waals surface area contributed by atoms with Gasteiger partial charge in [0, 0.05) is 6.10 Å². The van der Waals surface area contributed by atoms with Gasteiger partial charge in [-0.1, -0.05) is 34.6 Å². The van der Waals surface area contributed by atoms with E-state index in [0.717, 1.165) is 6.42 Å². The Morgan fingerprint density at radius 2 is 1.72 bits per heavy atom. The van der Waals surface area contributed by atoms with Gasteiger partial charge in [0.25, 0.3) is 0 Å². The number of hydrogen-bond donors (Lipinski definition) is 1. The Bertz CT molecular complexity index is 269. The normalized spacial score (nSPS) is 16.4. The van der Waals surface area contributed by atoms with Crippen LogP contribution >= 0.6 is 0 Å². The standard InChI is InChI=1S/C14H30O3Si/c1-8-11(13(15)16)10-12(9-2)17-18(6,7)14(3,4)5/h11-12H,8-10H2,1-7H3,(H,15,16)/t11-,12+/m1/s1. The van der Waals surface area contributed by atoms with Gasteiger partial charge in [-0.2, -0.15) is 0 Å². The van der Waals surface area contributed by atoms with Crippen LogP contribution in [-0.4, -0.2) is 25.5 Å². The fourth-order valence-electron chi connectivity index (χ4n) is 1.65. The summed E-state index contributed by atoms with van der Waals surface area (Å²) in [5.41, 5.74) is 0. The van der Waals surface area contributed by atoms with Crippen molar-refractivity contribution in [3.05, 3.63) is 0 Å². The Hall–Kier alpha value is -0.353. The molecule has 0 aliphatic heterocycles. The second kappa shape index (κ2) is 6.71. The zero-order valence-electron chi connectivity index (χ0n) is 13.0. The van der Waals surface area contributed by atoms with Crippen LogP contribution in [0.25, 0.3) is 0 Å². The van der Waals surface area contributed by atoms with Crippen molar-refractivity contribution in [2.24, 2.45) is 5.92 Å². The fourth-order valence-corrected chi connectivity index (χ4v) is 3.10. The molecule has 1 N–H and O–H groups in total. The molecule has 3 nitrogen and oxygen atoms in total. The van der Waals surface area contributed by atoms with Gasteiger partial charge in [-0.05, 0) is 37.4 Å². The van der Waals surface area contributed by atoms with Crippen LogP contribution in [0.5, 0.6) is 0 Å². The maximum absolute atomic E-state index is 11.1. The van der Waals surface area contributed by atoms with Crippen LogP contribution < -0.4 is 0 Å². The molecule has 0 unspecified atom stereocenters. The lowest BCUT2D eigenvalue weighted by molar-refractivity contribution is -0.142. The first-order valence-electron chi connectivity index (χ1n) is 6.95. The number of aliphatic carboxylic acids is 1. The molecule has 0 aromatic carbocycles. The molecular formula is C14H30O3Si. The van der Waals surface area contributed by atoms with Gasteiger partial charge >= 0.3 is 5.97 Å². The predicted octanol–water partition coefficient (Wildman–Crippen LogP) is 4.29. The van der Waals surface area contributed by atoms with Crippen molar-refractivity contribution < 1.29 is 14.3 Å². The minimum absolute atomic E-state index is 0.0759. The molecule has 0 saturated carbocycles. The van der Waals surface area contributed by atoms with Gasteiger partial charge < -0.3 is 9.53 Å². The van der Waals surface area contributed by atoms with Crippen LogP contribution in [0.2, 0.25) is 18.1 Å². The van der Waals surface area contributed by atoms with E-state index in [0.29, 0.717) is 12.8 Å². The number of rotatable bonds is 7. The van der Waals surface area contributed by atoms with E-state index in [1.165, 1.54) is 0 Å². The number of carboxylic acid groups (broad SMARTS) is 1. The molecule has 4 heteroatoms. The minimum Gasteiger partial charge on any atom is -0.481 e. The minimum atomic E-state index is -1.80. The van der Waals surface area contributed by atoms with Gasteiger partial charge in [0.05, 0.1) is 5.92 Å². The Labute approximate surface area is 113 Å². The largest absolute Gasteiger partial charge is 0.481 e. The second-order valence-electron chi connectivity index (χ2n) is 6.59. The average Bonchev–Trinajstić information content (AvgIpc) is 2.21. The van der Waals surface area contributed by atoms with Crippen LogP contribution in [0.15, 0.2) is 0 Å². The fraction of sp³-hybridized carbons (Fsp3) is 0.929. The van der Waals surface area contributed by atoms with Crippen molar-refractivity contribution in [2.45, 2.75) is 78.1 Å². The molecule has 0 fully saturated rings. The van der Waals surface area contributed by atoms with Gasteiger partial charge in [-0.25, -0.2) is 0 Å². The van der Waals surface area contributed by atoms with Gasteiger partial charge in [0.15, 0.2) is 8.32 Å². The maximum atomic E-state index is 11.1. The first kappa shape index (κ1) is 17.6. The molecule has 0 saturated heterocycles. The van der Waals surface area contributed by atoms with Gasteiger partial charge in [-0.3, -0.25) is 4.79 Å². The predicted molar refractivity (Wildman–Crippen MR) is 78.4 cm³/mol. The Morgan fingerprint density at radius 1 is 1.22 bits per heavy atom. The van der Waals surface area contributed by atoms with Crippen LogP contribution in [0.4, 0.5) is 0 Å². The summed E-state index contributed by atoms with van der Waals surface area (Å²) in [4.78, 5) is 11.1. The maximum Gasteiger partial charge on any atom is 0.306 e. The Morgan fingerprint density at radius 3 is 2.00 bits per heavy atom. The lowest BCUT2D eigenvalue weighted by atomic mass is 9.98. The van der Waals surface area contributed by atoms with Crippen LogP contribution in [0.3, 0.4) is 0 Å². The van der Waals surface area contributed by atoms with Gasteiger partial charge in [0.2, 0.25) is 0 Å². The first-order valence-corrected chi connectivity index (χ1v) is 9.86. The van der Waals surface area contributed by atoms with Crippen molar-refractivity contribution in [1.29, 1.82) is 0 Å². The van der Waals surface area contributed by atoms with Crippen molar-refractivity contribution in [3.8, 4) is 0 Å². The average molecular weight is 274 g/mol. The smallest absolute Gasteiger partial charge is 0.306 e. The van der Waals surface area contributed by atoms with Crippen molar-refractivity contribution >= 4 is 14.3 Å². The molecule has 18 heavy (non-hydrogen) atoms. The first-order chi connectivity index (χ1) is 8.05. The van der Waals surface area contributed by atoms with E-state index in [1.54, 1.807) is 0 Å². The lowest BCUT2D eigenvalue weighted by Crippen LogP contribution is -2.44. The second-order valence-corrected chi connectivity index (χ2v) is 11.3. The molecule has 0 aliphatic carbocycles. The quantitative estimate of drug-likeness (QED) is 0.705. The highest BCUT2D eigenvalue weighted by Crippen LogP contribution is 2.38. The Balaban J connectivity index is 4.67. The molecular weight excluding hydrogens is 244 g/mol. The molecule has 0 aliphatic rings. The zero-order chi connectivity index (χ0) is 14.6. The molecule has 0 spiro atoms. The third kappa shape index (κ3) is 5.10. The van der Waals surface area contributed by atoms with E-state index in [-0.39, 0.29) is 17.1 Å². The van der Waals surface area contributed by atoms with E-state index >= 15 is 0 Å². The van der Waals surface area contributed by atoms with E-state index in [4.69, 9.17) is 9.53 Å². The summed E-state index contributed by atoms with van der Waals surface area (Å²) < 4.78 is 6.31. The third-order valence-electron chi connectivity index (χ3n) is 4.11. The number of carboxylic acids is 1. The molecule has 0 bridgehead atoms. The van der Waals surface area contributed by atoms with E-state index in [1.807, 2.05) is 6.92 Å². The van der Waals surface area contributed by atoms with Gasteiger partial charge in [-0.15, -0.1) is 0 Å². The monoisotopic (exact) mass is 274 g/mol. The molecule has 0 aromatic heterocycles. The van der Waals surface area contributed by atoms with Gasteiger partial charge in [0.1, 0.15) is 0 Å². The van der Waals surface area contributed by atoms with Crippen molar-refractivity contribution in [2.75, 3.05) is 0 Å². The number of hydrogen-bond acceptors (Lipinski definition) is 2. The zero-order valence-corrected chi connectivity index (χ0v) is 14.0. The summed E-state index contributed by atoms with van der Waals surface area (Å²) in [5.74, 6) is -0.977. The molecule has 0 heterocycles. The third-order valence-corrected chi connectivity index (χ3v) is 8.65. The highest BCUT2D eigenvalue weighted by molar-refractivity contribution is 6.74. The summed E-state index contributed by atoms with van der Waals surface area (Å²) in [7, 11) is -1.80. The molecule has 0 aromatic rings.